The fourth-order valence-corrected chi connectivity index (χ4v) is 1.03. The van der Waals surface area contributed by atoms with Crippen molar-refractivity contribution >= 4 is 0 Å². The van der Waals surface area contributed by atoms with Gasteiger partial charge in [-0.05, 0) is 6.42 Å². The van der Waals surface area contributed by atoms with E-state index in [1.165, 1.54) is 12.8 Å². The van der Waals surface area contributed by atoms with Crippen molar-refractivity contribution in [3.63, 3.8) is 0 Å². The van der Waals surface area contributed by atoms with E-state index in [9.17, 15) is 0 Å². The van der Waals surface area contributed by atoms with Gasteiger partial charge in [0.15, 0.2) is 0 Å². The Morgan fingerprint density at radius 2 is 2.45 bits per heavy atom. The Bertz CT molecular complexity index is 181. The lowest BCUT2D eigenvalue weighted by atomic mass is 10.2. The molecule has 3 nitrogen and oxygen atoms in total. The molecule has 0 saturated heterocycles. The van der Waals surface area contributed by atoms with Crippen LogP contribution < -0.4 is 5.73 Å². The summed E-state index contributed by atoms with van der Waals surface area (Å²) in [4.78, 5) is 3.93. The monoisotopic (exact) mass is 153 g/mol. The predicted molar refractivity (Wildman–Crippen MR) is 45.0 cm³/mol. The van der Waals surface area contributed by atoms with E-state index in [-0.39, 0.29) is 6.17 Å². The minimum atomic E-state index is 0.109. The van der Waals surface area contributed by atoms with Gasteiger partial charge < -0.3 is 10.3 Å². The molecule has 11 heavy (non-hydrogen) atoms. The van der Waals surface area contributed by atoms with Crippen molar-refractivity contribution in [3.05, 3.63) is 18.7 Å². The average molecular weight is 153 g/mol. The molecule has 1 heterocycles. The molecule has 1 atom stereocenters. The number of unbranched alkanes of at least 4 members (excludes halogenated alkanes) is 1. The summed E-state index contributed by atoms with van der Waals surface area (Å²) < 4.78 is 1.94. The highest BCUT2D eigenvalue weighted by atomic mass is 15.1. The number of aromatic nitrogens is 2. The molecule has 1 aromatic rings. The molecule has 1 aromatic heterocycles. The van der Waals surface area contributed by atoms with Crippen molar-refractivity contribution in [1.82, 2.24) is 9.55 Å². The Hall–Kier alpha value is -0.830. The first-order valence-corrected chi connectivity index (χ1v) is 4.07. The Morgan fingerprint density at radius 3 is 3.00 bits per heavy atom. The molecule has 1 unspecified atom stereocenters. The molecule has 0 radical (unpaired) electrons. The van der Waals surface area contributed by atoms with Crippen molar-refractivity contribution in [3.8, 4) is 0 Å². The molecular formula is C8H15N3. The Kier molecular flexibility index (Phi) is 3.11. The van der Waals surface area contributed by atoms with E-state index >= 15 is 0 Å². The largest absolute Gasteiger partial charge is 0.322 e. The van der Waals surface area contributed by atoms with Gasteiger partial charge in [-0.15, -0.1) is 0 Å². The van der Waals surface area contributed by atoms with Crippen LogP contribution in [0.15, 0.2) is 18.7 Å². The van der Waals surface area contributed by atoms with Gasteiger partial charge in [-0.3, -0.25) is 0 Å². The topological polar surface area (TPSA) is 43.8 Å². The summed E-state index contributed by atoms with van der Waals surface area (Å²) in [5, 5.41) is 0. The first-order valence-electron chi connectivity index (χ1n) is 4.07. The summed E-state index contributed by atoms with van der Waals surface area (Å²) in [6.07, 6.45) is 8.94. The smallest absolute Gasteiger partial charge is 0.0959 e. The van der Waals surface area contributed by atoms with Crippen LogP contribution in [-0.2, 0) is 0 Å². The fourth-order valence-electron chi connectivity index (χ4n) is 1.03. The summed E-state index contributed by atoms with van der Waals surface area (Å²) in [7, 11) is 0. The highest BCUT2D eigenvalue weighted by molar-refractivity contribution is 4.77. The van der Waals surface area contributed by atoms with E-state index in [0.29, 0.717) is 0 Å². The highest BCUT2D eigenvalue weighted by Gasteiger charge is 2.01. The van der Waals surface area contributed by atoms with Crippen molar-refractivity contribution in [1.29, 1.82) is 0 Å². The van der Waals surface area contributed by atoms with E-state index < -0.39 is 0 Å². The second-order valence-electron chi connectivity index (χ2n) is 2.72. The summed E-state index contributed by atoms with van der Waals surface area (Å²) >= 11 is 0. The molecule has 0 amide bonds. The number of hydrogen-bond acceptors (Lipinski definition) is 2. The Morgan fingerprint density at radius 1 is 1.64 bits per heavy atom. The van der Waals surface area contributed by atoms with E-state index in [1.807, 2.05) is 10.8 Å². The van der Waals surface area contributed by atoms with E-state index in [0.717, 1.165) is 6.42 Å². The summed E-state index contributed by atoms with van der Waals surface area (Å²) in [6.45, 7) is 2.17. The Balaban J connectivity index is 2.36. The van der Waals surface area contributed by atoms with Crippen LogP contribution in [0.3, 0.4) is 0 Å². The van der Waals surface area contributed by atoms with Crippen molar-refractivity contribution in [2.45, 2.75) is 32.4 Å². The van der Waals surface area contributed by atoms with Gasteiger partial charge in [0.2, 0.25) is 0 Å². The molecule has 0 spiro atoms. The maximum Gasteiger partial charge on any atom is 0.0959 e. The number of nitrogens with two attached hydrogens (primary N) is 1. The Labute approximate surface area is 67.2 Å². The van der Waals surface area contributed by atoms with Gasteiger partial charge in [-0.25, -0.2) is 4.98 Å². The zero-order chi connectivity index (χ0) is 8.10. The first-order chi connectivity index (χ1) is 5.34. The zero-order valence-corrected chi connectivity index (χ0v) is 6.90. The second kappa shape index (κ2) is 4.13. The van der Waals surface area contributed by atoms with Crippen molar-refractivity contribution < 1.29 is 0 Å². The summed E-state index contributed by atoms with van der Waals surface area (Å²) in [5.74, 6) is 0. The van der Waals surface area contributed by atoms with Crippen LogP contribution in [0, 0.1) is 0 Å². The van der Waals surface area contributed by atoms with Gasteiger partial charge in [0.05, 0.1) is 12.5 Å². The average Bonchev–Trinajstić information content (AvgIpc) is 2.52. The number of nitrogens with zero attached hydrogens (tertiary/aromatic N) is 2. The van der Waals surface area contributed by atoms with Crippen molar-refractivity contribution in [2.75, 3.05) is 0 Å². The lowest BCUT2D eigenvalue weighted by Crippen LogP contribution is -2.16. The normalized spacial score (nSPS) is 13.3. The fraction of sp³-hybridized carbons (Fsp3) is 0.625. The van der Waals surface area contributed by atoms with Crippen LogP contribution in [0.25, 0.3) is 0 Å². The van der Waals surface area contributed by atoms with Gasteiger partial charge in [0.25, 0.3) is 0 Å². The maximum absolute atomic E-state index is 5.85. The quantitative estimate of drug-likeness (QED) is 0.713. The number of hydrogen-bond donors (Lipinski definition) is 1. The molecule has 1 rings (SSSR count). The lowest BCUT2D eigenvalue weighted by Gasteiger charge is -2.11. The molecule has 0 bridgehead atoms. The van der Waals surface area contributed by atoms with Gasteiger partial charge in [0, 0.05) is 12.4 Å². The van der Waals surface area contributed by atoms with E-state index in [1.54, 1.807) is 12.5 Å². The van der Waals surface area contributed by atoms with Crippen molar-refractivity contribution in [2.24, 2.45) is 5.73 Å². The molecule has 0 saturated carbocycles. The number of imidazole rings is 1. The molecule has 0 aliphatic heterocycles. The number of rotatable bonds is 4. The van der Waals surface area contributed by atoms with Gasteiger partial charge in [-0.1, -0.05) is 19.8 Å². The molecule has 3 heteroatoms. The van der Waals surface area contributed by atoms with E-state index in [4.69, 9.17) is 5.73 Å². The molecule has 62 valence electrons. The molecule has 0 aliphatic rings. The standard InChI is InChI=1S/C8H15N3/c1-2-3-4-8(9)11-6-5-10-7-11/h5-8H,2-4,9H2,1H3. The van der Waals surface area contributed by atoms with Crippen LogP contribution >= 0.6 is 0 Å². The highest BCUT2D eigenvalue weighted by Crippen LogP contribution is 2.07. The molecule has 0 aromatic carbocycles. The maximum atomic E-state index is 5.85. The molecular weight excluding hydrogens is 138 g/mol. The zero-order valence-electron chi connectivity index (χ0n) is 6.90. The third kappa shape index (κ3) is 2.35. The molecule has 2 N–H and O–H groups in total. The minimum absolute atomic E-state index is 0.109. The summed E-state index contributed by atoms with van der Waals surface area (Å²) in [5.41, 5.74) is 5.85. The van der Waals surface area contributed by atoms with Crippen LogP contribution in [-0.4, -0.2) is 9.55 Å². The third-order valence-corrected chi connectivity index (χ3v) is 1.76. The van der Waals surface area contributed by atoms with E-state index in [2.05, 4.69) is 11.9 Å². The van der Waals surface area contributed by atoms with Crippen LogP contribution in [0.1, 0.15) is 32.4 Å². The molecule has 0 fully saturated rings. The van der Waals surface area contributed by atoms with Gasteiger partial charge in [-0.2, -0.15) is 0 Å². The first kappa shape index (κ1) is 8.27. The van der Waals surface area contributed by atoms with Gasteiger partial charge >= 0.3 is 0 Å². The summed E-state index contributed by atoms with van der Waals surface area (Å²) in [6, 6.07) is 0. The lowest BCUT2D eigenvalue weighted by molar-refractivity contribution is 0.464. The van der Waals surface area contributed by atoms with Crippen LogP contribution in [0.4, 0.5) is 0 Å². The SMILES string of the molecule is CCCCC(N)n1ccnc1. The van der Waals surface area contributed by atoms with Gasteiger partial charge in [0.1, 0.15) is 0 Å². The minimum Gasteiger partial charge on any atom is -0.322 e. The van der Waals surface area contributed by atoms with Crippen LogP contribution in [0.2, 0.25) is 0 Å². The third-order valence-electron chi connectivity index (χ3n) is 1.76. The predicted octanol–water partition coefficient (Wildman–Crippen LogP) is 1.53. The molecule has 0 aliphatic carbocycles. The van der Waals surface area contributed by atoms with Crippen LogP contribution in [0.5, 0.6) is 0 Å². The second-order valence-corrected chi connectivity index (χ2v) is 2.72.